The lowest BCUT2D eigenvalue weighted by molar-refractivity contribution is -0.134. The van der Waals surface area contributed by atoms with E-state index in [4.69, 9.17) is 5.73 Å². The molecule has 1 amide bonds. The zero-order valence-corrected chi connectivity index (χ0v) is 13.1. The number of amides is 1. The van der Waals surface area contributed by atoms with E-state index in [1.165, 1.54) is 0 Å². The van der Waals surface area contributed by atoms with Gasteiger partial charge in [-0.15, -0.1) is 0 Å². The van der Waals surface area contributed by atoms with Crippen LogP contribution in [0.4, 0.5) is 0 Å². The van der Waals surface area contributed by atoms with Crippen molar-refractivity contribution >= 4 is 15.7 Å². The van der Waals surface area contributed by atoms with Crippen molar-refractivity contribution < 1.29 is 13.2 Å². The van der Waals surface area contributed by atoms with Crippen LogP contribution in [0.15, 0.2) is 0 Å². The van der Waals surface area contributed by atoms with E-state index in [0.29, 0.717) is 19.4 Å². The minimum atomic E-state index is -2.95. The minimum absolute atomic E-state index is 0.0938. The lowest BCUT2D eigenvalue weighted by atomic mass is 9.99. The zero-order valence-electron chi connectivity index (χ0n) is 12.3. The van der Waals surface area contributed by atoms with Gasteiger partial charge in [0.25, 0.3) is 0 Å². The quantitative estimate of drug-likeness (QED) is 0.819. The predicted molar refractivity (Wildman–Crippen MR) is 79.0 cm³/mol. The number of hydrogen-bond acceptors (Lipinski definition) is 4. The molecule has 2 rings (SSSR count). The van der Waals surface area contributed by atoms with Gasteiger partial charge < -0.3 is 10.6 Å². The normalized spacial score (nSPS) is 32.4. The van der Waals surface area contributed by atoms with Crippen molar-refractivity contribution in [2.75, 3.05) is 18.1 Å². The van der Waals surface area contributed by atoms with Gasteiger partial charge >= 0.3 is 0 Å². The van der Waals surface area contributed by atoms with Gasteiger partial charge in [0.05, 0.1) is 11.5 Å². The molecule has 1 saturated heterocycles. The van der Waals surface area contributed by atoms with Crippen LogP contribution in [0.25, 0.3) is 0 Å². The average molecular weight is 302 g/mol. The molecule has 0 spiro atoms. The van der Waals surface area contributed by atoms with Crippen LogP contribution in [0.1, 0.15) is 45.4 Å². The Hall–Kier alpha value is -0.620. The van der Waals surface area contributed by atoms with Crippen molar-refractivity contribution in [2.45, 2.75) is 57.5 Å². The van der Waals surface area contributed by atoms with Gasteiger partial charge in [-0.3, -0.25) is 4.79 Å². The first-order valence-electron chi connectivity index (χ1n) is 7.68. The summed E-state index contributed by atoms with van der Waals surface area (Å²) in [6.07, 6.45) is 5.06. The second kappa shape index (κ2) is 6.43. The molecule has 5 nitrogen and oxygen atoms in total. The van der Waals surface area contributed by atoms with Gasteiger partial charge in [0.1, 0.15) is 0 Å². The zero-order chi connectivity index (χ0) is 14.8. The molecule has 116 valence electrons. The van der Waals surface area contributed by atoms with Crippen LogP contribution in [0.2, 0.25) is 0 Å². The monoisotopic (exact) mass is 302 g/mol. The van der Waals surface area contributed by atoms with E-state index in [2.05, 4.69) is 0 Å². The Balaban J connectivity index is 1.99. The summed E-state index contributed by atoms with van der Waals surface area (Å²) in [6.45, 7) is 2.67. The van der Waals surface area contributed by atoms with Gasteiger partial charge in [0.15, 0.2) is 9.84 Å². The van der Waals surface area contributed by atoms with Crippen LogP contribution in [0.3, 0.4) is 0 Å². The second-order valence-electron chi connectivity index (χ2n) is 6.20. The van der Waals surface area contributed by atoms with E-state index in [1.54, 1.807) is 4.90 Å². The summed E-state index contributed by atoms with van der Waals surface area (Å²) in [7, 11) is -2.95. The molecule has 1 aliphatic carbocycles. The highest BCUT2D eigenvalue weighted by Gasteiger charge is 2.35. The standard InChI is InChI=1S/C14H26N2O3S/c1-2-7-16(12-6-8-20(18,19)10-12)14(17)9-11-4-3-5-13(11)15/h11-13H,2-10,15H2,1H3/t11-,12?,13+/m0/s1. The molecule has 1 aliphatic heterocycles. The molecular weight excluding hydrogens is 276 g/mol. The fourth-order valence-electron chi connectivity index (χ4n) is 3.43. The third-order valence-electron chi connectivity index (χ3n) is 4.59. The molecule has 0 aromatic carbocycles. The number of carbonyl (C=O) groups is 1. The highest BCUT2D eigenvalue weighted by molar-refractivity contribution is 7.91. The molecule has 1 saturated carbocycles. The molecule has 20 heavy (non-hydrogen) atoms. The molecule has 2 N–H and O–H groups in total. The predicted octanol–water partition coefficient (Wildman–Crippen LogP) is 0.930. The number of nitrogens with two attached hydrogens (primary N) is 1. The topological polar surface area (TPSA) is 80.5 Å². The molecule has 0 aromatic heterocycles. The molecule has 0 aromatic rings. The van der Waals surface area contributed by atoms with Crippen LogP contribution >= 0.6 is 0 Å². The lowest BCUT2D eigenvalue weighted by Crippen LogP contribution is -2.43. The van der Waals surface area contributed by atoms with Crippen molar-refractivity contribution in [1.82, 2.24) is 4.90 Å². The van der Waals surface area contributed by atoms with Crippen molar-refractivity contribution in [3.63, 3.8) is 0 Å². The van der Waals surface area contributed by atoms with Gasteiger partial charge in [-0.25, -0.2) is 8.42 Å². The smallest absolute Gasteiger partial charge is 0.223 e. The van der Waals surface area contributed by atoms with Crippen molar-refractivity contribution in [3.8, 4) is 0 Å². The third kappa shape index (κ3) is 3.73. The van der Waals surface area contributed by atoms with Gasteiger partial charge in [-0.2, -0.15) is 0 Å². The van der Waals surface area contributed by atoms with Crippen LogP contribution in [-0.2, 0) is 14.6 Å². The third-order valence-corrected chi connectivity index (χ3v) is 6.34. The Morgan fingerprint density at radius 2 is 2.05 bits per heavy atom. The van der Waals surface area contributed by atoms with Gasteiger partial charge in [-0.1, -0.05) is 13.3 Å². The van der Waals surface area contributed by atoms with Crippen molar-refractivity contribution in [1.29, 1.82) is 0 Å². The maximum absolute atomic E-state index is 12.5. The molecule has 1 unspecified atom stereocenters. The maximum atomic E-state index is 12.5. The fourth-order valence-corrected chi connectivity index (χ4v) is 5.16. The molecule has 3 atom stereocenters. The van der Waals surface area contributed by atoms with E-state index < -0.39 is 9.84 Å². The molecule has 1 heterocycles. The number of rotatable bonds is 5. The van der Waals surface area contributed by atoms with Crippen LogP contribution in [0, 0.1) is 5.92 Å². The Kier molecular flexibility index (Phi) is 5.07. The molecule has 2 fully saturated rings. The number of nitrogens with zero attached hydrogens (tertiary/aromatic N) is 1. The Bertz CT molecular complexity index is 449. The molecule has 0 bridgehead atoms. The Morgan fingerprint density at radius 1 is 1.30 bits per heavy atom. The number of carbonyl (C=O) groups excluding carboxylic acids is 1. The Morgan fingerprint density at radius 3 is 2.55 bits per heavy atom. The summed E-state index contributed by atoms with van der Waals surface area (Å²) < 4.78 is 23.2. The molecular formula is C14H26N2O3S. The fraction of sp³-hybridized carbons (Fsp3) is 0.929. The van der Waals surface area contributed by atoms with Crippen molar-refractivity contribution in [3.05, 3.63) is 0 Å². The van der Waals surface area contributed by atoms with Crippen LogP contribution in [0.5, 0.6) is 0 Å². The summed E-state index contributed by atoms with van der Waals surface area (Å²) in [5.74, 6) is 0.722. The van der Waals surface area contributed by atoms with Gasteiger partial charge in [-0.05, 0) is 31.6 Å². The largest absolute Gasteiger partial charge is 0.339 e. The number of sulfone groups is 1. The summed E-state index contributed by atoms with van der Waals surface area (Å²) >= 11 is 0. The highest BCUT2D eigenvalue weighted by atomic mass is 32.2. The maximum Gasteiger partial charge on any atom is 0.223 e. The minimum Gasteiger partial charge on any atom is -0.339 e. The SMILES string of the molecule is CCCN(C(=O)C[C@@H]1CCC[C@H]1N)C1CCS(=O)(=O)C1. The van der Waals surface area contributed by atoms with Crippen LogP contribution in [-0.4, -0.2) is 49.4 Å². The summed E-state index contributed by atoms with van der Waals surface area (Å²) in [5, 5.41) is 0. The first-order valence-corrected chi connectivity index (χ1v) is 9.50. The van der Waals surface area contributed by atoms with E-state index in [1.807, 2.05) is 6.92 Å². The first kappa shape index (κ1) is 15.8. The number of hydrogen-bond donors (Lipinski definition) is 1. The lowest BCUT2D eigenvalue weighted by Gasteiger charge is -2.29. The van der Waals surface area contributed by atoms with E-state index in [0.717, 1.165) is 25.7 Å². The van der Waals surface area contributed by atoms with E-state index >= 15 is 0 Å². The second-order valence-corrected chi connectivity index (χ2v) is 8.43. The molecule has 0 radical (unpaired) electrons. The summed E-state index contributed by atoms with van der Waals surface area (Å²) in [6, 6.07) is 0.0137. The van der Waals surface area contributed by atoms with Gasteiger partial charge in [0, 0.05) is 25.0 Å². The van der Waals surface area contributed by atoms with Crippen molar-refractivity contribution in [2.24, 2.45) is 11.7 Å². The first-order chi connectivity index (χ1) is 9.43. The van der Waals surface area contributed by atoms with E-state index in [9.17, 15) is 13.2 Å². The highest BCUT2D eigenvalue weighted by Crippen LogP contribution is 2.28. The summed E-state index contributed by atoms with van der Waals surface area (Å²) in [5.41, 5.74) is 6.03. The molecule has 6 heteroatoms. The van der Waals surface area contributed by atoms with Gasteiger partial charge in [0.2, 0.25) is 5.91 Å². The molecule has 2 aliphatic rings. The average Bonchev–Trinajstić information content (AvgIpc) is 2.93. The Labute approximate surface area is 121 Å². The van der Waals surface area contributed by atoms with E-state index in [-0.39, 0.29) is 35.4 Å². The summed E-state index contributed by atoms with van der Waals surface area (Å²) in [4.78, 5) is 14.3. The van der Waals surface area contributed by atoms with Crippen LogP contribution < -0.4 is 5.73 Å².